The smallest absolute Gasteiger partial charge is 0.119 e. The Morgan fingerprint density at radius 3 is 2.73 bits per heavy atom. The molecule has 0 amide bonds. The zero-order valence-corrected chi connectivity index (χ0v) is 9.79. The van der Waals surface area contributed by atoms with Gasteiger partial charge in [-0.3, -0.25) is 4.90 Å². The van der Waals surface area contributed by atoms with Crippen LogP contribution in [0.15, 0.2) is 18.2 Å². The van der Waals surface area contributed by atoms with E-state index in [1.807, 2.05) is 0 Å². The van der Waals surface area contributed by atoms with Gasteiger partial charge >= 0.3 is 0 Å². The minimum absolute atomic E-state index is 0.629. The van der Waals surface area contributed by atoms with Crippen LogP contribution < -0.4 is 4.74 Å². The van der Waals surface area contributed by atoms with Crippen LogP contribution in [0.2, 0.25) is 0 Å². The molecule has 1 heterocycles. The molecule has 0 aromatic heterocycles. The summed E-state index contributed by atoms with van der Waals surface area (Å²) in [5.41, 5.74) is 2.90. The van der Waals surface area contributed by atoms with Gasteiger partial charge in [0.25, 0.3) is 0 Å². The van der Waals surface area contributed by atoms with Crippen LogP contribution in [0.25, 0.3) is 0 Å². The van der Waals surface area contributed by atoms with Gasteiger partial charge in [-0.15, -0.1) is 0 Å². The third kappa shape index (κ3) is 2.15. The zero-order valence-electron chi connectivity index (χ0n) is 9.79. The van der Waals surface area contributed by atoms with Gasteiger partial charge in [0.05, 0.1) is 7.11 Å². The molecule has 0 N–H and O–H groups in total. The summed E-state index contributed by atoms with van der Waals surface area (Å²) >= 11 is 0. The van der Waals surface area contributed by atoms with Gasteiger partial charge in [0.1, 0.15) is 5.75 Å². The van der Waals surface area contributed by atoms with Crippen molar-refractivity contribution in [3.63, 3.8) is 0 Å². The van der Waals surface area contributed by atoms with Crippen LogP contribution >= 0.6 is 0 Å². The maximum absolute atomic E-state index is 5.26. The van der Waals surface area contributed by atoms with E-state index in [1.165, 1.54) is 17.7 Å². The average Bonchev–Trinajstić information content (AvgIpc) is 2.27. The summed E-state index contributed by atoms with van der Waals surface area (Å²) < 4.78 is 5.26. The predicted octanol–water partition coefficient (Wildman–Crippen LogP) is 2.46. The molecular weight excluding hydrogens is 186 g/mol. The number of rotatable bonds is 2. The van der Waals surface area contributed by atoms with Crippen LogP contribution in [0.1, 0.15) is 25.0 Å². The van der Waals surface area contributed by atoms with Crippen LogP contribution in [-0.2, 0) is 13.0 Å². The largest absolute Gasteiger partial charge is 0.497 e. The van der Waals surface area contributed by atoms with Crippen molar-refractivity contribution in [1.29, 1.82) is 0 Å². The van der Waals surface area contributed by atoms with Gasteiger partial charge in [-0.2, -0.15) is 0 Å². The van der Waals surface area contributed by atoms with Crippen LogP contribution in [0.5, 0.6) is 5.75 Å². The quantitative estimate of drug-likeness (QED) is 0.735. The number of nitrogens with zero attached hydrogens (tertiary/aromatic N) is 1. The van der Waals surface area contributed by atoms with E-state index in [2.05, 4.69) is 36.9 Å². The average molecular weight is 205 g/mol. The predicted molar refractivity (Wildman–Crippen MR) is 62.2 cm³/mol. The number of ether oxygens (including phenoxy) is 1. The zero-order chi connectivity index (χ0) is 10.8. The first-order chi connectivity index (χ1) is 7.20. The fraction of sp³-hybridized carbons (Fsp3) is 0.538. The van der Waals surface area contributed by atoms with Crippen LogP contribution in [-0.4, -0.2) is 24.6 Å². The van der Waals surface area contributed by atoms with E-state index < -0.39 is 0 Å². The molecule has 0 saturated carbocycles. The molecule has 0 fully saturated rings. The van der Waals surface area contributed by atoms with Gasteiger partial charge in [0, 0.05) is 19.1 Å². The van der Waals surface area contributed by atoms with Crippen molar-refractivity contribution in [3.8, 4) is 5.75 Å². The van der Waals surface area contributed by atoms with Crippen molar-refractivity contribution < 1.29 is 4.74 Å². The molecule has 15 heavy (non-hydrogen) atoms. The molecular formula is C13H19NO. The molecule has 82 valence electrons. The minimum atomic E-state index is 0.629. The molecule has 0 spiro atoms. The SMILES string of the molecule is COc1ccc2c(c1)CN(C(C)C)CC2. The first-order valence-electron chi connectivity index (χ1n) is 5.60. The van der Waals surface area contributed by atoms with Crippen LogP contribution in [0.4, 0.5) is 0 Å². The van der Waals surface area contributed by atoms with Crippen molar-refractivity contribution in [2.24, 2.45) is 0 Å². The molecule has 0 saturated heterocycles. The Balaban J connectivity index is 2.23. The van der Waals surface area contributed by atoms with E-state index >= 15 is 0 Å². The second-order valence-electron chi connectivity index (χ2n) is 4.45. The van der Waals surface area contributed by atoms with Gasteiger partial charge in [-0.05, 0) is 43.5 Å². The lowest BCUT2D eigenvalue weighted by Gasteiger charge is -2.32. The molecule has 2 rings (SSSR count). The third-order valence-electron chi connectivity index (χ3n) is 3.19. The molecule has 2 nitrogen and oxygen atoms in total. The van der Waals surface area contributed by atoms with Gasteiger partial charge in [0.15, 0.2) is 0 Å². The van der Waals surface area contributed by atoms with E-state index in [-0.39, 0.29) is 0 Å². The van der Waals surface area contributed by atoms with Crippen molar-refractivity contribution in [1.82, 2.24) is 4.90 Å². The van der Waals surface area contributed by atoms with Crippen molar-refractivity contribution >= 4 is 0 Å². The van der Waals surface area contributed by atoms with E-state index in [1.54, 1.807) is 7.11 Å². The fourth-order valence-electron chi connectivity index (χ4n) is 2.12. The lowest BCUT2D eigenvalue weighted by molar-refractivity contribution is 0.203. The number of methoxy groups -OCH3 is 1. The topological polar surface area (TPSA) is 12.5 Å². The molecule has 0 radical (unpaired) electrons. The minimum Gasteiger partial charge on any atom is -0.497 e. The third-order valence-corrected chi connectivity index (χ3v) is 3.19. The number of hydrogen-bond donors (Lipinski definition) is 0. The highest BCUT2D eigenvalue weighted by atomic mass is 16.5. The summed E-state index contributed by atoms with van der Waals surface area (Å²) in [5.74, 6) is 0.972. The Morgan fingerprint density at radius 2 is 2.07 bits per heavy atom. The molecule has 0 aliphatic carbocycles. The molecule has 0 unspecified atom stereocenters. The highest BCUT2D eigenvalue weighted by Crippen LogP contribution is 2.24. The van der Waals surface area contributed by atoms with Crippen molar-refractivity contribution in [2.75, 3.05) is 13.7 Å². The first kappa shape index (κ1) is 10.5. The van der Waals surface area contributed by atoms with Crippen molar-refractivity contribution in [3.05, 3.63) is 29.3 Å². The highest BCUT2D eigenvalue weighted by molar-refractivity contribution is 5.37. The second kappa shape index (κ2) is 4.23. The van der Waals surface area contributed by atoms with E-state index in [4.69, 9.17) is 4.74 Å². The van der Waals surface area contributed by atoms with Gasteiger partial charge in [-0.1, -0.05) is 6.07 Å². The first-order valence-corrected chi connectivity index (χ1v) is 5.60. The van der Waals surface area contributed by atoms with Crippen molar-refractivity contribution in [2.45, 2.75) is 32.9 Å². The monoisotopic (exact) mass is 205 g/mol. The summed E-state index contributed by atoms with van der Waals surface area (Å²) in [7, 11) is 1.73. The molecule has 0 bridgehead atoms. The second-order valence-corrected chi connectivity index (χ2v) is 4.45. The number of benzene rings is 1. The normalized spacial score (nSPS) is 16.5. The fourth-order valence-corrected chi connectivity index (χ4v) is 2.12. The molecule has 2 heteroatoms. The highest BCUT2D eigenvalue weighted by Gasteiger charge is 2.18. The van der Waals surface area contributed by atoms with Gasteiger partial charge in [-0.25, -0.2) is 0 Å². The summed E-state index contributed by atoms with van der Waals surface area (Å²) in [6.45, 7) is 6.75. The summed E-state index contributed by atoms with van der Waals surface area (Å²) in [6.07, 6.45) is 1.16. The van der Waals surface area contributed by atoms with Crippen LogP contribution in [0.3, 0.4) is 0 Å². The lowest BCUT2D eigenvalue weighted by Crippen LogP contribution is -2.35. The van der Waals surface area contributed by atoms with E-state index in [0.29, 0.717) is 6.04 Å². The molecule has 1 aliphatic rings. The maximum atomic E-state index is 5.26. The Hall–Kier alpha value is -1.02. The number of hydrogen-bond acceptors (Lipinski definition) is 2. The summed E-state index contributed by atoms with van der Waals surface area (Å²) in [4.78, 5) is 2.50. The summed E-state index contributed by atoms with van der Waals surface area (Å²) in [6, 6.07) is 7.06. The van der Waals surface area contributed by atoms with E-state index in [9.17, 15) is 0 Å². The van der Waals surface area contributed by atoms with Gasteiger partial charge in [0.2, 0.25) is 0 Å². The number of fused-ring (bicyclic) bond motifs is 1. The molecule has 1 aromatic rings. The Bertz CT molecular complexity index is 346. The summed E-state index contributed by atoms with van der Waals surface area (Å²) in [5, 5.41) is 0. The maximum Gasteiger partial charge on any atom is 0.119 e. The standard InChI is InChI=1S/C13H19NO/c1-10(2)14-7-6-11-4-5-13(15-3)8-12(11)9-14/h4-5,8,10H,6-7,9H2,1-3H3. The molecule has 1 aromatic carbocycles. The molecule has 1 aliphatic heterocycles. The van der Waals surface area contributed by atoms with Gasteiger partial charge < -0.3 is 4.74 Å². The Kier molecular flexibility index (Phi) is 2.96. The molecule has 0 atom stereocenters. The lowest BCUT2D eigenvalue weighted by atomic mass is 9.98. The van der Waals surface area contributed by atoms with E-state index in [0.717, 1.165) is 18.7 Å². The Morgan fingerprint density at radius 1 is 1.27 bits per heavy atom. The van der Waals surface area contributed by atoms with Crippen LogP contribution in [0, 0.1) is 0 Å². The Labute approximate surface area is 91.9 Å².